The van der Waals surface area contributed by atoms with Crippen molar-refractivity contribution in [3.8, 4) is 0 Å². The molecule has 1 rings (SSSR count). The molecule has 7 heteroatoms. The number of carboxylic acid groups (broad SMARTS) is 1. The predicted octanol–water partition coefficient (Wildman–Crippen LogP) is -1.00. The van der Waals surface area contributed by atoms with Crippen LogP contribution in [0.25, 0.3) is 0 Å². The Balaban J connectivity index is 2.43. The number of rotatable bonds is 5. The predicted molar refractivity (Wildman–Crippen MR) is 68.4 cm³/mol. The lowest BCUT2D eigenvalue weighted by molar-refractivity contribution is -0.141. The molecular weight excluding hydrogens is 250 g/mol. The van der Waals surface area contributed by atoms with E-state index >= 15 is 0 Å². The highest BCUT2D eigenvalue weighted by Crippen LogP contribution is 2.10. The lowest BCUT2D eigenvalue weighted by Gasteiger charge is -2.18. The van der Waals surface area contributed by atoms with E-state index in [0.717, 1.165) is 5.57 Å². The molecule has 0 saturated carbocycles. The first-order valence-corrected chi connectivity index (χ1v) is 6.05. The van der Waals surface area contributed by atoms with Crippen LogP contribution in [0.5, 0.6) is 0 Å². The van der Waals surface area contributed by atoms with Crippen molar-refractivity contribution in [2.75, 3.05) is 6.54 Å². The summed E-state index contributed by atoms with van der Waals surface area (Å²) in [4.78, 5) is 34.1. The van der Waals surface area contributed by atoms with E-state index in [1.54, 1.807) is 0 Å². The molecule has 4 N–H and O–H groups in total. The molecule has 0 aromatic rings. The minimum absolute atomic E-state index is 0.288. The zero-order valence-electron chi connectivity index (χ0n) is 11.0. The Morgan fingerprint density at radius 1 is 1.32 bits per heavy atom. The van der Waals surface area contributed by atoms with Gasteiger partial charge in [0.25, 0.3) is 0 Å². The molecule has 19 heavy (non-hydrogen) atoms. The number of aliphatic carboxylic acids is 1. The summed E-state index contributed by atoms with van der Waals surface area (Å²) in [5.41, 5.74) is 0.941. The second kappa shape index (κ2) is 6.33. The van der Waals surface area contributed by atoms with Crippen LogP contribution in [-0.4, -0.2) is 47.6 Å². The average molecular weight is 269 g/mol. The molecule has 0 radical (unpaired) electrons. The van der Waals surface area contributed by atoms with E-state index in [4.69, 9.17) is 5.11 Å². The van der Waals surface area contributed by atoms with Crippen molar-refractivity contribution < 1.29 is 19.5 Å². The molecule has 0 bridgehead atoms. The van der Waals surface area contributed by atoms with Gasteiger partial charge in [-0.1, -0.05) is 12.2 Å². The quantitative estimate of drug-likeness (QED) is 0.479. The Morgan fingerprint density at radius 2 is 1.95 bits per heavy atom. The van der Waals surface area contributed by atoms with Crippen molar-refractivity contribution in [3.05, 3.63) is 12.2 Å². The molecule has 106 valence electrons. The summed E-state index contributed by atoms with van der Waals surface area (Å²) in [7, 11) is 0. The lowest BCUT2D eigenvalue weighted by Crippen LogP contribution is -2.52. The van der Waals surface area contributed by atoms with Crippen molar-refractivity contribution in [1.82, 2.24) is 16.0 Å². The summed E-state index contributed by atoms with van der Waals surface area (Å²) in [6.45, 7) is 7.23. The van der Waals surface area contributed by atoms with Gasteiger partial charge in [0.1, 0.15) is 12.1 Å². The minimum Gasteiger partial charge on any atom is -0.480 e. The first-order chi connectivity index (χ1) is 8.81. The molecule has 7 nitrogen and oxygen atoms in total. The zero-order chi connectivity index (χ0) is 14.6. The lowest BCUT2D eigenvalue weighted by atomic mass is 10.1. The van der Waals surface area contributed by atoms with Gasteiger partial charge in [0.15, 0.2) is 0 Å². The number of carbonyl (C=O) groups is 3. The van der Waals surface area contributed by atoms with E-state index in [1.807, 2.05) is 0 Å². The normalized spacial score (nSPS) is 21.6. The van der Waals surface area contributed by atoms with Gasteiger partial charge in [-0.25, -0.2) is 0 Å². The number of carbonyl (C=O) groups excluding carboxylic acids is 2. The first kappa shape index (κ1) is 15.2. The number of amides is 2. The Kier molecular flexibility index (Phi) is 5.05. The molecule has 1 aliphatic rings. The Hall–Kier alpha value is -1.89. The summed E-state index contributed by atoms with van der Waals surface area (Å²) in [6, 6.07) is -2.15. The van der Waals surface area contributed by atoms with Gasteiger partial charge < -0.3 is 21.1 Å². The SMILES string of the molecule is C=C1CN[C@H](C(=O)N[C@@H](C)C(=O)N[C@@H](C)C(=O)O)C1. The average Bonchev–Trinajstić information content (AvgIpc) is 2.75. The van der Waals surface area contributed by atoms with Crippen LogP contribution < -0.4 is 16.0 Å². The zero-order valence-corrected chi connectivity index (χ0v) is 11.0. The molecule has 0 aliphatic carbocycles. The van der Waals surface area contributed by atoms with E-state index < -0.39 is 24.0 Å². The number of nitrogens with one attached hydrogen (secondary N) is 3. The van der Waals surface area contributed by atoms with Crippen molar-refractivity contribution in [3.63, 3.8) is 0 Å². The maximum atomic E-state index is 11.8. The molecule has 0 spiro atoms. The third-order valence-corrected chi connectivity index (χ3v) is 2.89. The maximum absolute atomic E-state index is 11.8. The van der Waals surface area contributed by atoms with E-state index in [1.165, 1.54) is 13.8 Å². The second-order valence-electron chi connectivity index (χ2n) is 4.69. The van der Waals surface area contributed by atoms with Crippen LogP contribution >= 0.6 is 0 Å². The van der Waals surface area contributed by atoms with Crippen LogP contribution in [0.2, 0.25) is 0 Å². The minimum atomic E-state index is -1.12. The largest absolute Gasteiger partial charge is 0.480 e. The summed E-state index contributed by atoms with van der Waals surface area (Å²) in [5.74, 6) is -1.94. The molecule has 2 amide bonds. The summed E-state index contributed by atoms with van der Waals surface area (Å²) in [6.07, 6.45) is 0.547. The molecule has 3 atom stereocenters. The topological polar surface area (TPSA) is 108 Å². The molecular formula is C12H19N3O4. The van der Waals surface area contributed by atoms with Gasteiger partial charge >= 0.3 is 5.97 Å². The van der Waals surface area contributed by atoms with Gasteiger partial charge in [-0.3, -0.25) is 14.4 Å². The van der Waals surface area contributed by atoms with E-state index in [0.29, 0.717) is 13.0 Å². The smallest absolute Gasteiger partial charge is 0.325 e. The van der Waals surface area contributed by atoms with Gasteiger partial charge in [0.05, 0.1) is 6.04 Å². The van der Waals surface area contributed by atoms with Crippen LogP contribution in [-0.2, 0) is 14.4 Å². The van der Waals surface area contributed by atoms with Gasteiger partial charge in [0, 0.05) is 6.54 Å². The highest BCUT2D eigenvalue weighted by atomic mass is 16.4. The monoisotopic (exact) mass is 269 g/mol. The second-order valence-corrected chi connectivity index (χ2v) is 4.69. The number of hydrogen-bond acceptors (Lipinski definition) is 4. The third kappa shape index (κ3) is 4.36. The molecule has 0 aromatic heterocycles. The first-order valence-electron chi connectivity index (χ1n) is 6.05. The molecule has 0 aromatic carbocycles. The summed E-state index contributed by atoms with van der Waals surface area (Å²) in [5, 5.41) is 16.5. The van der Waals surface area contributed by atoms with Crippen molar-refractivity contribution in [1.29, 1.82) is 0 Å². The fraction of sp³-hybridized carbons (Fsp3) is 0.583. The Bertz CT molecular complexity index is 408. The molecule has 1 aliphatic heterocycles. The fourth-order valence-corrected chi connectivity index (χ4v) is 1.67. The maximum Gasteiger partial charge on any atom is 0.325 e. The highest BCUT2D eigenvalue weighted by molar-refractivity contribution is 5.91. The summed E-state index contributed by atoms with van der Waals surface area (Å²) >= 11 is 0. The highest BCUT2D eigenvalue weighted by Gasteiger charge is 2.27. The van der Waals surface area contributed by atoms with E-state index in [9.17, 15) is 14.4 Å². The molecule has 1 heterocycles. The van der Waals surface area contributed by atoms with Crippen molar-refractivity contribution in [2.24, 2.45) is 0 Å². The standard InChI is InChI=1S/C12H19N3O4/c1-6-4-9(13-5-6)11(17)14-7(2)10(16)15-8(3)12(18)19/h7-9,13H,1,4-5H2,2-3H3,(H,14,17)(H,15,16)(H,18,19)/t7-,8-,9-/m0/s1. The number of hydrogen-bond donors (Lipinski definition) is 4. The van der Waals surface area contributed by atoms with Gasteiger partial charge in [0.2, 0.25) is 11.8 Å². The van der Waals surface area contributed by atoms with Gasteiger partial charge in [-0.05, 0) is 20.3 Å². The van der Waals surface area contributed by atoms with Crippen LogP contribution in [0.15, 0.2) is 12.2 Å². The van der Waals surface area contributed by atoms with Gasteiger partial charge in [-0.2, -0.15) is 0 Å². The fourth-order valence-electron chi connectivity index (χ4n) is 1.67. The van der Waals surface area contributed by atoms with Crippen molar-refractivity contribution >= 4 is 17.8 Å². The molecule has 0 unspecified atom stereocenters. The Labute approximate surface area is 111 Å². The van der Waals surface area contributed by atoms with E-state index in [-0.39, 0.29) is 11.9 Å². The third-order valence-electron chi connectivity index (χ3n) is 2.89. The van der Waals surface area contributed by atoms with Crippen molar-refractivity contribution in [2.45, 2.75) is 38.4 Å². The summed E-state index contributed by atoms with van der Waals surface area (Å²) < 4.78 is 0. The van der Waals surface area contributed by atoms with Crippen LogP contribution in [0.4, 0.5) is 0 Å². The van der Waals surface area contributed by atoms with Crippen LogP contribution in [0.1, 0.15) is 20.3 Å². The molecule has 1 fully saturated rings. The number of carboxylic acids is 1. The van der Waals surface area contributed by atoms with E-state index in [2.05, 4.69) is 22.5 Å². The Morgan fingerprint density at radius 3 is 2.42 bits per heavy atom. The van der Waals surface area contributed by atoms with Crippen LogP contribution in [0.3, 0.4) is 0 Å². The van der Waals surface area contributed by atoms with Crippen LogP contribution in [0, 0.1) is 0 Å². The molecule has 1 saturated heterocycles. The van der Waals surface area contributed by atoms with Gasteiger partial charge in [-0.15, -0.1) is 0 Å².